The third kappa shape index (κ3) is 2.69. The molecule has 0 aromatic carbocycles. The van der Waals surface area contributed by atoms with Crippen molar-refractivity contribution in [3.8, 4) is 0 Å². The Kier molecular flexibility index (Phi) is 3.64. The minimum atomic E-state index is -0.771. The zero-order valence-electron chi connectivity index (χ0n) is 9.79. The van der Waals surface area contributed by atoms with Crippen LogP contribution in [0.15, 0.2) is 12.7 Å². The summed E-state index contributed by atoms with van der Waals surface area (Å²) >= 11 is 0. The summed E-state index contributed by atoms with van der Waals surface area (Å²) in [5, 5.41) is 0. The predicted molar refractivity (Wildman–Crippen MR) is 58.3 cm³/mol. The van der Waals surface area contributed by atoms with Crippen LogP contribution in [0.1, 0.15) is 19.3 Å². The summed E-state index contributed by atoms with van der Waals surface area (Å²) < 4.78 is 14.7. The van der Waals surface area contributed by atoms with Crippen molar-refractivity contribution in [3.05, 3.63) is 12.7 Å². The summed E-state index contributed by atoms with van der Waals surface area (Å²) in [5.74, 6) is -1.71. The SMILES string of the molecule is C=CC(=O)OC1CC(C(=O)OC2CCOC2=O)C1. The van der Waals surface area contributed by atoms with Crippen LogP contribution >= 0.6 is 0 Å². The molecule has 0 bridgehead atoms. The molecule has 0 N–H and O–H groups in total. The normalized spacial score (nSPS) is 30.0. The van der Waals surface area contributed by atoms with Gasteiger partial charge in [0, 0.05) is 12.5 Å². The van der Waals surface area contributed by atoms with Gasteiger partial charge in [-0.1, -0.05) is 6.58 Å². The van der Waals surface area contributed by atoms with E-state index in [1.165, 1.54) is 0 Å². The Morgan fingerprint density at radius 2 is 2.06 bits per heavy atom. The number of carbonyl (C=O) groups excluding carboxylic acids is 3. The van der Waals surface area contributed by atoms with Gasteiger partial charge >= 0.3 is 17.9 Å². The number of hydrogen-bond donors (Lipinski definition) is 0. The van der Waals surface area contributed by atoms with Crippen LogP contribution in [0.4, 0.5) is 0 Å². The Labute approximate surface area is 104 Å². The second-order valence-corrected chi connectivity index (χ2v) is 4.31. The average molecular weight is 254 g/mol. The molecule has 0 aromatic rings. The first-order chi connectivity index (χ1) is 8.60. The molecule has 1 heterocycles. The number of carbonyl (C=O) groups is 3. The molecule has 0 aromatic heterocycles. The molecule has 0 amide bonds. The minimum absolute atomic E-state index is 0.261. The Bertz CT molecular complexity index is 382. The Hall–Kier alpha value is -1.85. The van der Waals surface area contributed by atoms with Gasteiger partial charge in [0.2, 0.25) is 6.10 Å². The third-order valence-corrected chi connectivity index (χ3v) is 3.02. The summed E-state index contributed by atoms with van der Waals surface area (Å²) in [7, 11) is 0. The van der Waals surface area contributed by atoms with Crippen molar-refractivity contribution < 1.29 is 28.6 Å². The van der Waals surface area contributed by atoms with Crippen molar-refractivity contribution in [3.63, 3.8) is 0 Å². The van der Waals surface area contributed by atoms with Crippen molar-refractivity contribution in [1.29, 1.82) is 0 Å². The zero-order valence-corrected chi connectivity index (χ0v) is 9.79. The maximum Gasteiger partial charge on any atom is 0.347 e. The van der Waals surface area contributed by atoms with Gasteiger partial charge < -0.3 is 14.2 Å². The summed E-state index contributed by atoms with van der Waals surface area (Å²) in [6.45, 7) is 3.58. The fraction of sp³-hybridized carbons (Fsp3) is 0.583. The predicted octanol–water partition coefficient (Wildman–Crippen LogP) is 0.353. The van der Waals surface area contributed by atoms with Crippen LogP contribution in [0.25, 0.3) is 0 Å². The van der Waals surface area contributed by atoms with Gasteiger partial charge in [-0.2, -0.15) is 0 Å². The van der Waals surface area contributed by atoms with Crippen LogP contribution in [0.3, 0.4) is 0 Å². The molecule has 1 unspecified atom stereocenters. The van der Waals surface area contributed by atoms with E-state index in [4.69, 9.17) is 9.47 Å². The van der Waals surface area contributed by atoms with Crippen molar-refractivity contribution in [2.24, 2.45) is 5.92 Å². The van der Waals surface area contributed by atoms with E-state index in [1.54, 1.807) is 0 Å². The average Bonchev–Trinajstić information content (AvgIpc) is 2.68. The molecule has 1 atom stereocenters. The monoisotopic (exact) mass is 254 g/mol. The smallest absolute Gasteiger partial charge is 0.347 e. The minimum Gasteiger partial charge on any atom is -0.463 e. The maximum absolute atomic E-state index is 11.6. The van der Waals surface area contributed by atoms with Gasteiger partial charge in [-0.05, 0) is 12.8 Å². The van der Waals surface area contributed by atoms with E-state index in [9.17, 15) is 14.4 Å². The van der Waals surface area contributed by atoms with Gasteiger partial charge in [-0.15, -0.1) is 0 Å². The van der Waals surface area contributed by atoms with Crippen LogP contribution in [0.2, 0.25) is 0 Å². The highest BCUT2D eigenvalue weighted by Crippen LogP contribution is 2.32. The van der Waals surface area contributed by atoms with Crippen molar-refractivity contribution >= 4 is 17.9 Å². The van der Waals surface area contributed by atoms with Gasteiger partial charge in [0.05, 0.1) is 12.5 Å². The topological polar surface area (TPSA) is 78.9 Å². The molecule has 1 saturated heterocycles. The van der Waals surface area contributed by atoms with Crippen LogP contribution < -0.4 is 0 Å². The van der Waals surface area contributed by atoms with Crippen molar-refractivity contribution in [2.45, 2.75) is 31.5 Å². The van der Waals surface area contributed by atoms with Crippen LogP contribution in [0, 0.1) is 5.92 Å². The largest absolute Gasteiger partial charge is 0.463 e. The third-order valence-electron chi connectivity index (χ3n) is 3.02. The van der Waals surface area contributed by atoms with Gasteiger partial charge in [-0.25, -0.2) is 9.59 Å². The molecule has 6 nitrogen and oxygen atoms in total. The molecule has 0 radical (unpaired) electrons. The lowest BCUT2D eigenvalue weighted by Gasteiger charge is -2.32. The van der Waals surface area contributed by atoms with Gasteiger partial charge in [0.15, 0.2) is 0 Å². The summed E-state index contributed by atoms with van der Waals surface area (Å²) in [6, 6.07) is 0. The first-order valence-corrected chi connectivity index (χ1v) is 5.80. The molecule has 2 fully saturated rings. The summed E-state index contributed by atoms with van der Waals surface area (Å²) in [6.07, 6.45) is 1.32. The van der Waals surface area contributed by atoms with Crippen LogP contribution in [-0.4, -0.2) is 36.7 Å². The molecule has 1 aliphatic carbocycles. The second kappa shape index (κ2) is 5.20. The van der Waals surface area contributed by atoms with E-state index in [1.807, 2.05) is 0 Å². The van der Waals surface area contributed by atoms with Gasteiger partial charge in [-0.3, -0.25) is 4.79 Å². The van der Waals surface area contributed by atoms with Gasteiger partial charge in [0.1, 0.15) is 6.10 Å². The number of cyclic esters (lactones) is 1. The molecule has 2 aliphatic rings. The summed E-state index contributed by atoms with van der Waals surface area (Å²) in [4.78, 5) is 33.6. The number of ether oxygens (including phenoxy) is 3. The fourth-order valence-corrected chi connectivity index (χ4v) is 1.89. The molecular formula is C12H14O6. The lowest BCUT2D eigenvalue weighted by molar-refractivity contribution is -0.172. The van der Waals surface area contributed by atoms with Crippen molar-refractivity contribution in [2.75, 3.05) is 6.61 Å². The first-order valence-electron chi connectivity index (χ1n) is 5.80. The second-order valence-electron chi connectivity index (χ2n) is 4.31. The molecule has 1 aliphatic heterocycles. The number of esters is 3. The molecule has 2 rings (SSSR count). The highest BCUT2D eigenvalue weighted by Gasteiger charge is 2.40. The first kappa shape index (κ1) is 12.6. The van der Waals surface area contributed by atoms with E-state index in [0.717, 1.165) is 6.08 Å². The number of rotatable bonds is 4. The van der Waals surface area contributed by atoms with E-state index < -0.39 is 24.0 Å². The van der Waals surface area contributed by atoms with E-state index in [2.05, 4.69) is 11.3 Å². The van der Waals surface area contributed by atoms with E-state index >= 15 is 0 Å². The quantitative estimate of drug-likeness (QED) is 0.409. The summed E-state index contributed by atoms with van der Waals surface area (Å²) in [5.41, 5.74) is 0. The fourth-order valence-electron chi connectivity index (χ4n) is 1.89. The lowest BCUT2D eigenvalue weighted by atomic mass is 9.82. The van der Waals surface area contributed by atoms with Crippen LogP contribution in [-0.2, 0) is 28.6 Å². The molecule has 18 heavy (non-hydrogen) atoms. The van der Waals surface area contributed by atoms with Gasteiger partial charge in [0.25, 0.3) is 0 Å². The van der Waals surface area contributed by atoms with Crippen molar-refractivity contribution in [1.82, 2.24) is 0 Å². The van der Waals surface area contributed by atoms with Crippen LogP contribution in [0.5, 0.6) is 0 Å². The molecule has 1 saturated carbocycles. The molecule has 98 valence electrons. The highest BCUT2D eigenvalue weighted by molar-refractivity contribution is 5.83. The molecule has 6 heteroatoms. The Morgan fingerprint density at radius 1 is 1.33 bits per heavy atom. The Morgan fingerprint density at radius 3 is 2.61 bits per heavy atom. The maximum atomic E-state index is 11.6. The lowest BCUT2D eigenvalue weighted by Crippen LogP contribution is -2.40. The highest BCUT2D eigenvalue weighted by atomic mass is 16.6. The zero-order chi connectivity index (χ0) is 13.1. The molecule has 0 spiro atoms. The number of hydrogen-bond acceptors (Lipinski definition) is 6. The standard InChI is InChI=1S/C12H14O6/c1-2-10(13)17-8-5-7(6-8)11(14)18-9-3-4-16-12(9)15/h2,7-9H,1,3-6H2. The van der Waals surface area contributed by atoms with E-state index in [0.29, 0.717) is 25.9 Å². The molecular weight excluding hydrogens is 240 g/mol. The van der Waals surface area contributed by atoms with E-state index in [-0.39, 0.29) is 12.0 Å². The Balaban J connectivity index is 1.71.